The second-order valence-corrected chi connectivity index (χ2v) is 12.8. The van der Waals surface area contributed by atoms with E-state index in [-0.39, 0.29) is 22.0 Å². The zero-order chi connectivity index (χ0) is 32.4. The quantitative estimate of drug-likeness (QED) is 0.289. The zero-order valence-corrected chi connectivity index (χ0v) is 24.2. The molecule has 11 nitrogen and oxygen atoms in total. The van der Waals surface area contributed by atoms with Crippen molar-refractivity contribution in [2.45, 2.75) is 37.4 Å². The second kappa shape index (κ2) is 12.6. The van der Waals surface area contributed by atoms with Crippen molar-refractivity contribution >= 4 is 32.6 Å². The van der Waals surface area contributed by atoms with E-state index < -0.39 is 62.8 Å². The molecular weight excluding hydrogens is 619 g/mol. The lowest BCUT2D eigenvalue weighted by Crippen LogP contribution is -2.51. The molecule has 1 fully saturated rings. The average molecular weight is 647 g/mol. The van der Waals surface area contributed by atoms with E-state index in [9.17, 15) is 36.0 Å². The summed E-state index contributed by atoms with van der Waals surface area (Å²) in [6.45, 7) is 3.40. The third-order valence-electron chi connectivity index (χ3n) is 7.34. The smallest absolute Gasteiger partial charge is 0.379 e. The molecule has 4 rings (SSSR count). The maximum atomic E-state index is 15.2. The molecule has 3 aromatic rings. The summed E-state index contributed by atoms with van der Waals surface area (Å²) >= 11 is 0. The Labute approximate surface area is 247 Å². The number of hydrogen-bond acceptors (Lipinski definition) is 9. The highest BCUT2D eigenvalue weighted by Crippen LogP contribution is 2.29. The molecule has 0 unspecified atom stereocenters. The fourth-order valence-electron chi connectivity index (χ4n) is 4.50. The van der Waals surface area contributed by atoms with Gasteiger partial charge in [0, 0.05) is 43.6 Å². The fraction of sp³-hybridized carbons (Fsp3) is 0.407. The number of aromatic nitrogens is 2. The Hall–Kier alpha value is -3.96. The molecule has 0 bridgehead atoms. The van der Waals surface area contributed by atoms with E-state index in [1.807, 2.05) is 0 Å². The number of nitrogens with one attached hydrogen (secondary N) is 1. The predicted molar refractivity (Wildman–Crippen MR) is 146 cm³/mol. The molecule has 1 amide bonds. The highest BCUT2D eigenvalue weighted by molar-refractivity contribution is 7.92. The van der Waals surface area contributed by atoms with E-state index in [0.29, 0.717) is 44.7 Å². The van der Waals surface area contributed by atoms with E-state index in [4.69, 9.17) is 4.74 Å². The van der Waals surface area contributed by atoms with Crippen LogP contribution in [0.3, 0.4) is 0 Å². The number of rotatable bonds is 8. The molecule has 2 heterocycles. The first-order valence-electron chi connectivity index (χ1n) is 13.1. The Balaban J connectivity index is 1.56. The summed E-state index contributed by atoms with van der Waals surface area (Å²) in [5.41, 5.74) is 0.850. The van der Waals surface area contributed by atoms with Gasteiger partial charge in [0.05, 0.1) is 30.4 Å². The maximum Gasteiger partial charge on any atom is 0.493 e. The van der Waals surface area contributed by atoms with Crippen LogP contribution in [0.15, 0.2) is 41.5 Å². The Morgan fingerprint density at radius 2 is 1.73 bits per heavy atom. The molecule has 0 radical (unpaired) electrons. The number of ether oxygens (including phenoxy) is 1. The molecule has 44 heavy (non-hydrogen) atoms. The molecule has 1 aromatic heterocycles. The van der Waals surface area contributed by atoms with Gasteiger partial charge in [0.15, 0.2) is 14.6 Å². The summed E-state index contributed by atoms with van der Waals surface area (Å²) < 4.78 is 96.0. The number of nitrogens with zero attached hydrogens (tertiary/aromatic N) is 3. The van der Waals surface area contributed by atoms with Crippen molar-refractivity contribution in [3.05, 3.63) is 64.2 Å². The van der Waals surface area contributed by atoms with Crippen molar-refractivity contribution in [1.29, 1.82) is 0 Å². The van der Waals surface area contributed by atoms with Gasteiger partial charge in [-0.25, -0.2) is 27.0 Å². The fourth-order valence-corrected chi connectivity index (χ4v) is 5.34. The number of carbonyl (C=O) groups is 2. The normalized spacial score (nSPS) is 16.0. The third kappa shape index (κ3) is 7.05. The number of fused-ring (bicyclic) bond motifs is 1. The zero-order valence-electron chi connectivity index (χ0n) is 23.4. The van der Waals surface area contributed by atoms with Gasteiger partial charge in [0.1, 0.15) is 11.6 Å². The van der Waals surface area contributed by atoms with Crippen molar-refractivity contribution in [1.82, 2.24) is 19.9 Å². The number of sulfone groups is 1. The highest BCUT2D eigenvalue weighted by Gasteiger charge is 2.46. The topological polar surface area (TPSA) is 137 Å². The summed E-state index contributed by atoms with van der Waals surface area (Å²) in [5.74, 6) is -5.97. The van der Waals surface area contributed by atoms with E-state index in [2.05, 4.69) is 14.7 Å². The Bertz CT molecular complexity index is 1760. The van der Waals surface area contributed by atoms with Crippen LogP contribution in [0.1, 0.15) is 18.9 Å². The summed E-state index contributed by atoms with van der Waals surface area (Å²) in [6.07, 6.45) is -4.49. The number of halogens is 5. The number of aryl methyl sites for hydroxylation is 1. The molecule has 0 spiro atoms. The number of benzene rings is 2. The van der Waals surface area contributed by atoms with E-state index >= 15 is 8.78 Å². The number of carbonyl (C=O) groups excluding carboxylic acids is 2. The summed E-state index contributed by atoms with van der Waals surface area (Å²) in [5, 5.41) is -0.234. The molecule has 1 N–H and O–H groups in total. The number of hydroxylamine groups is 1. The first-order chi connectivity index (χ1) is 20.5. The van der Waals surface area contributed by atoms with Crippen LogP contribution in [0.4, 0.5) is 22.0 Å². The number of amides is 1. The van der Waals surface area contributed by atoms with Crippen LogP contribution in [0, 0.1) is 11.6 Å². The van der Waals surface area contributed by atoms with Gasteiger partial charge in [-0.05, 0) is 37.1 Å². The van der Waals surface area contributed by atoms with Crippen molar-refractivity contribution < 1.29 is 49.5 Å². The monoisotopic (exact) mass is 646 g/mol. The predicted octanol–water partition coefficient (Wildman–Crippen LogP) is 2.50. The first-order valence-corrected chi connectivity index (χ1v) is 15.0. The van der Waals surface area contributed by atoms with E-state index in [0.717, 1.165) is 23.9 Å². The number of alkyl halides is 3. The van der Waals surface area contributed by atoms with Crippen molar-refractivity contribution in [3.63, 3.8) is 0 Å². The molecule has 0 saturated carbocycles. The second-order valence-electron chi connectivity index (χ2n) is 10.4. The van der Waals surface area contributed by atoms with Crippen LogP contribution in [0.2, 0.25) is 0 Å². The number of morpholine rings is 1. The third-order valence-corrected chi connectivity index (χ3v) is 9.37. The summed E-state index contributed by atoms with van der Waals surface area (Å²) in [4.78, 5) is 46.4. The lowest BCUT2D eigenvalue weighted by atomic mass is 10.0. The van der Waals surface area contributed by atoms with Crippen LogP contribution in [0.25, 0.3) is 22.0 Å². The summed E-state index contributed by atoms with van der Waals surface area (Å²) in [6, 6.07) is 6.45. The minimum absolute atomic E-state index is 0.00197. The molecule has 0 aliphatic carbocycles. The van der Waals surface area contributed by atoms with Gasteiger partial charge >= 0.3 is 12.1 Å². The first kappa shape index (κ1) is 32.9. The van der Waals surface area contributed by atoms with Gasteiger partial charge in [-0.1, -0.05) is 12.1 Å². The molecule has 1 atom stereocenters. The lowest BCUT2D eigenvalue weighted by molar-refractivity contribution is -0.207. The van der Waals surface area contributed by atoms with Gasteiger partial charge in [0.2, 0.25) is 0 Å². The Morgan fingerprint density at radius 3 is 2.34 bits per heavy atom. The SMILES string of the molecule is C[C@@](CCn1cnc2cc(-c3ccc(CN4CCOCC4)cc3F)c(F)cc2c1=O)(C(=O)NOC(=O)C(F)(F)F)S(C)(=O)=O. The average Bonchev–Trinajstić information content (AvgIpc) is 2.95. The van der Waals surface area contributed by atoms with Gasteiger partial charge < -0.3 is 9.57 Å². The molecule has 2 aromatic carbocycles. The standard InChI is InChI=1S/C27H27F5N4O7S/c1-26(44(2,40)41,24(38)34-43-25(39)27(30,31)32)5-6-36-15-33-22-13-18(21(29)12-19(22)23(36)37)17-4-3-16(11-20(17)28)14-35-7-9-42-10-8-35/h3-4,11-13,15H,5-10,14H2,1-2H3,(H,34,38)/t26-/m1/s1. The van der Waals surface area contributed by atoms with Crippen LogP contribution in [-0.4, -0.2) is 78.2 Å². The molecule has 17 heteroatoms. The summed E-state index contributed by atoms with van der Waals surface area (Å²) in [7, 11) is -4.36. The van der Waals surface area contributed by atoms with E-state index in [1.165, 1.54) is 23.7 Å². The molecular formula is C27H27F5N4O7S. The lowest BCUT2D eigenvalue weighted by Gasteiger charge is -2.26. The minimum atomic E-state index is -5.45. The maximum absolute atomic E-state index is 15.2. The van der Waals surface area contributed by atoms with Crippen LogP contribution in [-0.2, 0) is 42.1 Å². The van der Waals surface area contributed by atoms with Crippen LogP contribution >= 0.6 is 0 Å². The Morgan fingerprint density at radius 1 is 1.07 bits per heavy atom. The molecule has 238 valence electrons. The van der Waals surface area contributed by atoms with Crippen molar-refractivity contribution in [2.75, 3.05) is 32.6 Å². The van der Waals surface area contributed by atoms with Crippen LogP contribution in [0.5, 0.6) is 0 Å². The van der Waals surface area contributed by atoms with Crippen LogP contribution < -0.4 is 11.0 Å². The highest BCUT2D eigenvalue weighted by atomic mass is 32.2. The molecule has 1 saturated heterocycles. The Kier molecular flexibility index (Phi) is 9.41. The van der Waals surface area contributed by atoms with Crippen molar-refractivity contribution in [3.8, 4) is 11.1 Å². The van der Waals surface area contributed by atoms with Crippen molar-refractivity contribution in [2.24, 2.45) is 0 Å². The number of hydrogen-bond donors (Lipinski definition) is 1. The van der Waals surface area contributed by atoms with E-state index in [1.54, 1.807) is 6.07 Å². The molecule has 1 aliphatic rings. The molecule has 1 aliphatic heterocycles. The largest absolute Gasteiger partial charge is 0.493 e. The minimum Gasteiger partial charge on any atom is -0.379 e. The van der Waals surface area contributed by atoms with Gasteiger partial charge in [-0.15, -0.1) is 0 Å². The van der Waals surface area contributed by atoms with Gasteiger partial charge in [-0.3, -0.25) is 19.1 Å². The van der Waals surface area contributed by atoms with Gasteiger partial charge in [-0.2, -0.15) is 18.7 Å². The van der Waals surface area contributed by atoms with Gasteiger partial charge in [0.25, 0.3) is 11.5 Å².